The highest BCUT2D eigenvalue weighted by atomic mass is 35.5. The van der Waals surface area contributed by atoms with Gasteiger partial charge in [0.2, 0.25) is 5.88 Å². The summed E-state index contributed by atoms with van der Waals surface area (Å²) in [6, 6.07) is 11.6. The number of pyridine rings is 1. The lowest BCUT2D eigenvalue weighted by Gasteiger charge is -2.11. The highest BCUT2D eigenvalue weighted by Crippen LogP contribution is 2.28. The molecule has 1 heterocycles. The average molecular weight is 323 g/mol. The SMILES string of the molecule is CC(C)COc1nc(SCc2ccccc2Cl)ccc1N. The minimum absolute atomic E-state index is 0.436. The number of thioether (sulfide) groups is 1. The van der Waals surface area contributed by atoms with Gasteiger partial charge in [0, 0.05) is 10.8 Å². The van der Waals surface area contributed by atoms with Crippen LogP contribution in [0.2, 0.25) is 5.02 Å². The molecule has 1 aromatic carbocycles. The average Bonchev–Trinajstić information content (AvgIpc) is 2.46. The normalized spacial score (nSPS) is 10.9. The molecule has 0 radical (unpaired) electrons. The standard InChI is InChI=1S/C16H19ClN2OS/c1-11(2)9-20-16-14(18)7-8-15(19-16)21-10-12-5-3-4-6-13(12)17/h3-8,11H,9-10,18H2,1-2H3. The Hall–Kier alpha value is -1.39. The van der Waals surface area contributed by atoms with Gasteiger partial charge in [-0.05, 0) is 29.7 Å². The van der Waals surface area contributed by atoms with Gasteiger partial charge in [-0.1, -0.05) is 43.6 Å². The number of hydrogen-bond acceptors (Lipinski definition) is 4. The number of nitrogen functional groups attached to an aromatic ring is 1. The van der Waals surface area contributed by atoms with Gasteiger partial charge in [-0.2, -0.15) is 0 Å². The van der Waals surface area contributed by atoms with Gasteiger partial charge in [0.15, 0.2) is 0 Å². The maximum Gasteiger partial charge on any atom is 0.238 e. The largest absolute Gasteiger partial charge is 0.476 e. The van der Waals surface area contributed by atoms with E-state index in [1.807, 2.05) is 36.4 Å². The minimum atomic E-state index is 0.436. The molecule has 0 spiro atoms. The Kier molecular flexibility index (Phi) is 5.76. The zero-order valence-corrected chi connectivity index (χ0v) is 13.7. The van der Waals surface area contributed by atoms with Crippen molar-refractivity contribution in [2.24, 2.45) is 5.92 Å². The van der Waals surface area contributed by atoms with Crippen molar-refractivity contribution in [3.8, 4) is 5.88 Å². The van der Waals surface area contributed by atoms with E-state index in [0.29, 0.717) is 24.1 Å². The third-order valence-electron chi connectivity index (χ3n) is 2.75. The summed E-state index contributed by atoms with van der Waals surface area (Å²) in [6.45, 7) is 4.79. The summed E-state index contributed by atoms with van der Waals surface area (Å²) in [4.78, 5) is 4.46. The fraction of sp³-hybridized carbons (Fsp3) is 0.312. The first-order valence-corrected chi connectivity index (χ1v) is 8.18. The predicted molar refractivity (Wildman–Crippen MR) is 90.0 cm³/mol. The van der Waals surface area contributed by atoms with Gasteiger partial charge in [-0.3, -0.25) is 0 Å². The summed E-state index contributed by atoms with van der Waals surface area (Å²) in [5, 5.41) is 1.65. The number of halogens is 1. The Labute approximate surface area is 134 Å². The molecule has 0 bridgehead atoms. The molecule has 0 unspecified atom stereocenters. The fourth-order valence-electron chi connectivity index (χ4n) is 1.64. The molecule has 0 amide bonds. The van der Waals surface area contributed by atoms with E-state index < -0.39 is 0 Å². The van der Waals surface area contributed by atoms with Crippen LogP contribution in [0.3, 0.4) is 0 Å². The molecule has 2 N–H and O–H groups in total. The van der Waals surface area contributed by atoms with Gasteiger partial charge in [0.1, 0.15) is 5.03 Å². The van der Waals surface area contributed by atoms with Crippen molar-refractivity contribution < 1.29 is 4.74 Å². The molecule has 0 atom stereocenters. The Morgan fingerprint density at radius 1 is 1.24 bits per heavy atom. The summed E-state index contributed by atoms with van der Waals surface area (Å²) >= 11 is 7.77. The van der Waals surface area contributed by atoms with Crippen molar-refractivity contribution in [3.63, 3.8) is 0 Å². The zero-order valence-electron chi connectivity index (χ0n) is 12.2. The molecule has 0 aliphatic rings. The van der Waals surface area contributed by atoms with Gasteiger partial charge < -0.3 is 10.5 Å². The monoisotopic (exact) mass is 322 g/mol. The molecule has 0 saturated carbocycles. The predicted octanol–water partition coefficient (Wildman–Crippen LogP) is 4.64. The summed E-state index contributed by atoms with van der Waals surface area (Å²) in [5.74, 6) is 1.71. The third kappa shape index (κ3) is 4.83. The van der Waals surface area contributed by atoms with Crippen molar-refractivity contribution in [2.75, 3.05) is 12.3 Å². The van der Waals surface area contributed by atoms with Crippen LogP contribution >= 0.6 is 23.4 Å². The van der Waals surface area contributed by atoms with E-state index in [2.05, 4.69) is 18.8 Å². The van der Waals surface area contributed by atoms with Crippen LogP contribution in [0.25, 0.3) is 0 Å². The molecule has 0 aliphatic carbocycles. The van der Waals surface area contributed by atoms with Gasteiger partial charge in [0.05, 0.1) is 12.3 Å². The first-order valence-electron chi connectivity index (χ1n) is 6.82. The number of nitrogens with zero attached hydrogens (tertiary/aromatic N) is 1. The summed E-state index contributed by atoms with van der Waals surface area (Å²) in [5.41, 5.74) is 7.55. The summed E-state index contributed by atoms with van der Waals surface area (Å²) in [7, 11) is 0. The van der Waals surface area contributed by atoms with Crippen LogP contribution in [0.5, 0.6) is 5.88 Å². The van der Waals surface area contributed by atoms with Gasteiger partial charge in [0.25, 0.3) is 0 Å². The van der Waals surface area contributed by atoms with Crippen LogP contribution in [0.15, 0.2) is 41.4 Å². The number of hydrogen-bond donors (Lipinski definition) is 1. The Morgan fingerprint density at radius 2 is 2.00 bits per heavy atom. The van der Waals surface area contributed by atoms with Crippen LogP contribution in [-0.4, -0.2) is 11.6 Å². The number of rotatable bonds is 6. The molecule has 2 aromatic rings. The second kappa shape index (κ2) is 7.57. The van der Waals surface area contributed by atoms with Crippen molar-refractivity contribution in [2.45, 2.75) is 24.6 Å². The molecule has 1 aromatic heterocycles. The van der Waals surface area contributed by atoms with Gasteiger partial charge >= 0.3 is 0 Å². The van der Waals surface area contributed by atoms with Crippen LogP contribution < -0.4 is 10.5 Å². The number of anilines is 1. The van der Waals surface area contributed by atoms with Crippen molar-refractivity contribution in [1.82, 2.24) is 4.98 Å². The Morgan fingerprint density at radius 3 is 2.71 bits per heavy atom. The van der Waals surface area contributed by atoms with Gasteiger partial charge in [-0.15, -0.1) is 11.8 Å². The van der Waals surface area contributed by atoms with E-state index in [4.69, 9.17) is 22.1 Å². The smallest absolute Gasteiger partial charge is 0.238 e. The second-order valence-corrected chi connectivity index (χ2v) is 6.53. The fourth-order valence-corrected chi connectivity index (χ4v) is 2.79. The molecule has 0 fully saturated rings. The van der Waals surface area contributed by atoms with Crippen molar-refractivity contribution in [1.29, 1.82) is 0 Å². The Balaban J connectivity index is 2.03. The highest BCUT2D eigenvalue weighted by Gasteiger charge is 2.07. The number of benzene rings is 1. The topological polar surface area (TPSA) is 48.1 Å². The molecule has 5 heteroatoms. The quantitative estimate of drug-likeness (QED) is 0.787. The number of ether oxygens (including phenoxy) is 1. The lowest BCUT2D eigenvalue weighted by Crippen LogP contribution is -2.07. The second-order valence-electron chi connectivity index (χ2n) is 5.13. The van der Waals surface area contributed by atoms with Crippen molar-refractivity contribution >= 4 is 29.1 Å². The van der Waals surface area contributed by atoms with Crippen LogP contribution in [0.1, 0.15) is 19.4 Å². The van der Waals surface area contributed by atoms with Gasteiger partial charge in [-0.25, -0.2) is 4.98 Å². The number of aromatic nitrogens is 1. The molecule has 112 valence electrons. The van der Waals surface area contributed by atoms with Crippen molar-refractivity contribution in [3.05, 3.63) is 47.0 Å². The molecular formula is C16H19ClN2OS. The first kappa shape index (κ1) is 16.0. The van der Waals surface area contributed by atoms with E-state index in [1.54, 1.807) is 11.8 Å². The van der Waals surface area contributed by atoms with Crippen LogP contribution in [-0.2, 0) is 5.75 Å². The molecule has 0 aliphatic heterocycles. The van der Waals surface area contributed by atoms with E-state index >= 15 is 0 Å². The van der Waals surface area contributed by atoms with E-state index in [0.717, 1.165) is 21.4 Å². The van der Waals surface area contributed by atoms with E-state index in [1.165, 1.54) is 0 Å². The summed E-state index contributed by atoms with van der Waals surface area (Å²) in [6.07, 6.45) is 0. The first-order chi connectivity index (χ1) is 10.1. The molecule has 3 nitrogen and oxygen atoms in total. The summed E-state index contributed by atoms with van der Waals surface area (Å²) < 4.78 is 5.64. The number of nitrogens with two attached hydrogens (primary N) is 1. The van der Waals surface area contributed by atoms with Crippen LogP contribution in [0, 0.1) is 5.92 Å². The highest BCUT2D eigenvalue weighted by molar-refractivity contribution is 7.98. The Bertz CT molecular complexity index is 605. The molecule has 0 saturated heterocycles. The minimum Gasteiger partial charge on any atom is -0.476 e. The lowest BCUT2D eigenvalue weighted by molar-refractivity contribution is 0.261. The molecule has 2 rings (SSSR count). The van der Waals surface area contributed by atoms with E-state index in [9.17, 15) is 0 Å². The zero-order chi connectivity index (χ0) is 15.2. The lowest BCUT2D eigenvalue weighted by atomic mass is 10.2. The maximum absolute atomic E-state index is 6.15. The maximum atomic E-state index is 6.15. The van der Waals surface area contributed by atoms with E-state index in [-0.39, 0.29) is 0 Å². The van der Waals surface area contributed by atoms with Crippen LogP contribution in [0.4, 0.5) is 5.69 Å². The molecule has 21 heavy (non-hydrogen) atoms. The molecular weight excluding hydrogens is 304 g/mol. The third-order valence-corrected chi connectivity index (χ3v) is 4.10.